The second-order valence-electron chi connectivity index (χ2n) is 5.89. The summed E-state index contributed by atoms with van der Waals surface area (Å²) in [6.07, 6.45) is 2.23. The van der Waals surface area contributed by atoms with Gasteiger partial charge in [-0.2, -0.15) is 0 Å². The van der Waals surface area contributed by atoms with Gasteiger partial charge >= 0.3 is 0 Å². The lowest BCUT2D eigenvalue weighted by Crippen LogP contribution is -2.40. The van der Waals surface area contributed by atoms with Crippen LogP contribution in [0.25, 0.3) is 0 Å². The normalized spacial score (nSPS) is 16.7. The molecule has 1 saturated heterocycles. The van der Waals surface area contributed by atoms with E-state index in [1.54, 1.807) is 12.1 Å². The van der Waals surface area contributed by atoms with E-state index in [9.17, 15) is 12.8 Å². The third-order valence-corrected chi connectivity index (χ3v) is 8.07. The molecule has 132 valence electrons. The zero-order chi connectivity index (χ0) is 16.3. The summed E-state index contributed by atoms with van der Waals surface area (Å²) in [6, 6.07) is 10.1. The van der Waals surface area contributed by atoms with Gasteiger partial charge in [0.2, 0.25) is 0 Å². The highest BCUT2D eigenvalue weighted by Crippen LogP contribution is 2.27. The number of benzene rings is 1. The van der Waals surface area contributed by atoms with E-state index in [2.05, 4.69) is 4.90 Å². The first-order valence-electron chi connectivity index (χ1n) is 7.80. The van der Waals surface area contributed by atoms with Crippen molar-refractivity contribution >= 4 is 33.6 Å². The number of sulfone groups is 1. The van der Waals surface area contributed by atoms with Gasteiger partial charge in [-0.25, -0.2) is 12.8 Å². The molecule has 0 amide bonds. The molecule has 0 atom stereocenters. The van der Waals surface area contributed by atoms with Crippen molar-refractivity contribution in [2.24, 2.45) is 0 Å². The van der Waals surface area contributed by atoms with Gasteiger partial charge in [0.05, 0.1) is 5.25 Å². The summed E-state index contributed by atoms with van der Waals surface area (Å²) in [5.74, 6) is -0.214. The highest BCUT2D eigenvalue weighted by molar-refractivity contribution is 7.94. The van der Waals surface area contributed by atoms with Crippen LogP contribution in [0.4, 0.5) is 4.39 Å². The molecule has 1 fully saturated rings. The predicted octanol–water partition coefficient (Wildman–Crippen LogP) is 3.79. The van der Waals surface area contributed by atoms with Gasteiger partial charge in [-0.1, -0.05) is 18.2 Å². The lowest BCUT2D eigenvalue weighted by atomic mass is 10.1. The fraction of sp³-hybridized carbons (Fsp3) is 0.412. The molecule has 7 heteroatoms. The van der Waals surface area contributed by atoms with Crippen LogP contribution < -0.4 is 0 Å². The minimum absolute atomic E-state index is 0. The first-order chi connectivity index (χ1) is 11.1. The van der Waals surface area contributed by atoms with Crippen LogP contribution in [0.3, 0.4) is 0 Å². The fourth-order valence-electron chi connectivity index (χ4n) is 2.97. The Morgan fingerprint density at radius 2 is 1.79 bits per heavy atom. The highest BCUT2D eigenvalue weighted by Gasteiger charge is 2.31. The summed E-state index contributed by atoms with van der Waals surface area (Å²) in [5.41, 5.74) is 1.11. The summed E-state index contributed by atoms with van der Waals surface area (Å²) in [4.78, 5) is 2.30. The van der Waals surface area contributed by atoms with E-state index >= 15 is 0 Å². The van der Waals surface area contributed by atoms with Crippen molar-refractivity contribution in [1.82, 2.24) is 4.90 Å². The number of likely N-dealkylation sites (tertiary alicyclic amines) is 1. The molecule has 0 spiro atoms. The molecule has 24 heavy (non-hydrogen) atoms. The number of rotatable bonds is 5. The van der Waals surface area contributed by atoms with Crippen molar-refractivity contribution in [2.45, 2.75) is 28.7 Å². The van der Waals surface area contributed by atoms with Crippen LogP contribution in [-0.2, 0) is 16.3 Å². The van der Waals surface area contributed by atoms with Crippen LogP contribution in [-0.4, -0.2) is 38.2 Å². The van der Waals surface area contributed by atoms with Crippen LogP contribution in [0.15, 0.2) is 46.0 Å². The summed E-state index contributed by atoms with van der Waals surface area (Å²) in [7, 11) is -3.16. The Bertz CT molecular complexity index is 724. The molecular weight excluding hydrogens is 369 g/mol. The number of halogens is 2. The second-order valence-corrected chi connectivity index (χ2v) is 9.30. The van der Waals surface area contributed by atoms with Crippen LogP contribution in [0.5, 0.6) is 0 Å². The summed E-state index contributed by atoms with van der Waals surface area (Å²) in [6.45, 7) is 2.49. The maximum Gasteiger partial charge on any atom is 0.190 e. The predicted molar refractivity (Wildman–Crippen MR) is 98.3 cm³/mol. The van der Waals surface area contributed by atoms with E-state index < -0.39 is 9.84 Å². The second kappa shape index (κ2) is 8.43. The van der Waals surface area contributed by atoms with Crippen molar-refractivity contribution in [3.63, 3.8) is 0 Å². The zero-order valence-corrected chi connectivity index (χ0v) is 15.7. The average Bonchev–Trinajstić information content (AvgIpc) is 3.10. The molecule has 0 bridgehead atoms. The number of hydrogen-bond donors (Lipinski definition) is 0. The van der Waals surface area contributed by atoms with Gasteiger partial charge in [-0.15, -0.1) is 23.7 Å². The van der Waals surface area contributed by atoms with Crippen LogP contribution in [0.2, 0.25) is 0 Å². The van der Waals surface area contributed by atoms with E-state index in [0.717, 1.165) is 31.6 Å². The Labute approximate surface area is 152 Å². The molecule has 0 N–H and O–H groups in total. The number of piperidine rings is 1. The van der Waals surface area contributed by atoms with Gasteiger partial charge in [-0.3, -0.25) is 0 Å². The topological polar surface area (TPSA) is 37.4 Å². The summed E-state index contributed by atoms with van der Waals surface area (Å²) < 4.78 is 38.4. The monoisotopic (exact) mass is 389 g/mol. The van der Waals surface area contributed by atoms with E-state index in [1.165, 1.54) is 23.5 Å². The van der Waals surface area contributed by atoms with Crippen LogP contribution in [0.1, 0.15) is 18.4 Å². The van der Waals surface area contributed by atoms with Crippen LogP contribution >= 0.6 is 23.7 Å². The average molecular weight is 390 g/mol. The summed E-state index contributed by atoms with van der Waals surface area (Å²) in [5, 5.41) is 1.55. The smallest absolute Gasteiger partial charge is 0.190 e. The van der Waals surface area contributed by atoms with E-state index in [4.69, 9.17) is 0 Å². The minimum Gasteiger partial charge on any atom is -0.303 e. The molecule has 0 unspecified atom stereocenters. The Morgan fingerprint density at radius 1 is 1.12 bits per heavy atom. The van der Waals surface area contributed by atoms with Gasteiger partial charge < -0.3 is 4.90 Å². The third kappa shape index (κ3) is 4.57. The quantitative estimate of drug-likeness (QED) is 0.780. The van der Waals surface area contributed by atoms with Crippen molar-refractivity contribution in [3.8, 4) is 0 Å². The maximum absolute atomic E-state index is 12.9. The van der Waals surface area contributed by atoms with Crippen molar-refractivity contribution in [1.29, 1.82) is 0 Å². The number of thiophene rings is 1. The molecule has 3 nitrogen and oxygen atoms in total. The molecule has 1 aromatic heterocycles. The lowest BCUT2D eigenvalue weighted by Gasteiger charge is -2.31. The largest absolute Gasteiger partial charge is 0.303 e. The van der Waals surface area contributed by atoms with E-state index in [-0.39, 0.29) is 23.5 Å². The number of hydrogen-bond acceptors (Lipinski definition) is 4. The molecule has 0 radical (unpaired) electrons. The molecule has 3 rings (SSSR count). The van der Waals surface area contributed by atoms with E-state index in [0.29, 0.717) is 17.1 Å². The fourth-order valence-corrected chi connectivity index (χ4v) is 5.96. The standard InChI is InChI=1S/C17H20FNO2S2.ClH/c18-15-5-3-14(4-6-15)7-10-19-11-8-16(9-12-19)23(20,21)17-2-1-13-22-17;/h1-6,13,16H,7-12H2;1H. The highest BCUT2D eigenvalue weighted by atomic mass is 35.5. The SMILES string of the molecule is Cl.O=S(=O)(c1cccs1)C1CCN(CCc2ccc(F)cc2)CC1. The Hall–Kier alpha value is -0.950. The van der Waals surface area contributed by atoms with Crippen molar-refractivity contribution < 1.29 is 12.8 Å². The molecule has 2 aromatic rings. The first kappa shape index (κ1) is 19.4. The Morgan fingerprint density at radius 3 is 2.38 bits per heavy atom. The van der Waals surface area contributed by atoms with Gasteiger partial charge in [0.25, 0.3) is 0 Å². The molecule has 0 saturated carbocycles. The first-order valence-corrected chi connectivity index (χ1v) is 10.2. The Kier molecular flexibility index (Phi) is 6.80. The van der Waals surface area contributed by atoms with E-state index in [1.807, 2.05) is 17.5 Å². The molecule has 1 aromatic carbocycles. The number of nitrogens with zero attached hydrogens (tertiary/aromatic N) is 1. The van der Waals surface area contributed by atoms with Gasteiger partial charge in [0.15, 0.2) is 9.84 Å². The molecule has 0 aliphatic carbocycles. The Balaban J connectivity index is 0.00000208. The summed E-state index contributed by atoms with van der Waals surface area (Å²) >= 11 is 1.30. The molecule has 2 heterocycles. The third-order valence-electron chi connectivity index (χ3n) is 4.38. The maximum atomic E-state index is 12.9. The zero-order valence-electron chi connectivity index (χ0n) is 13.2. The molecular formula is C17H21ClFNO2S2. The lowest BCUT2D eigenvalue weighted by molar-refractivity contribution is 0.232. The van der Waals surface area contributed by atoms with Crippen molar-refractivity contribution in [3.05, 3.63) is 53.2 Å². The van der Waals surface area contributed by atoms with Gasteiger partial charge in [0, 0.05) is 6.54 Å². The van der Waals surface area contributed by atoms with Gasteiger partial charge in [0.1, 0.15) is 10.0 Å². The molecule has 1 aliphatic rings. The van der Waals surface area contributed by atoms with Gasteiger partial charge in [-0.05, 0) is 61.5 Å². The van der Waals surface area contributed by atoms with Crippen molar-refractivity contribution in [2.75, 3.05) is 19.6 Å². The molecule has 1 aliphatic heterocycles. The minimum atomic E-state index is -3.16. The van der Waals surface area contributed by atoms with Crippen LogP contribution in [0, 0.1) is 5.82 Å².